The van der Waals surface area contributed by atoms with Crippen molar-refractivity contribution in [3.05, 3.63) is 58.1 Å². The van der Waals surface area contributed by atoms with E-state index in [1.54, 1.807) is 7.11 Å². The van der Waals surface area contributed by atoms with Gasteiger partial charge in [-0.1, -0.05) is 19.9 Å². The molecular formula is C24H34N2O2. The fourth-order valence-electron chi connectivity index (χ4n) is 3.91. The van der Waals surface area contributed by atoms with Crippen LogP contribution in [-0.2, 0) is 6.42 Å². The summed E-state index contributed by atoms with van der Waals surface area (Å²) in [6.45, 7) is 9.22. The van der Waals surface area contributed by atoms with Crippen LogP contribution >= 0.6 is 0 Å². The van der Waals surface area contributed by atoms with Gasteiger partial charge in [0, 0.05) is 13.1 Å². The number of rotatable bonds is 7. The first-order valence-corrected chi connectivity index (χ1v) is 10.2. The molecule has 4 heteroatoms. The van der Waals surface area contributed by atoms with Gasteiger partial charge < -0.3 is 19.7 Å². The third-order valence-corrected chi connectivity index (χ3v) is 5.53. The fraction of sp³-hybridized carbons (Fsp3) is 0.500. The van der Waals surface area contributed by atoms with Crippen molar-refractivity contribution in [2.24, 2.45) is 0 Å². The van der Waals surface area contributed by atoms with Crippen LogP contribution in [0, 0.1) is 6.92 Å². The largest absolute Gasteiger partial charge is 0.496 e. The van der Waals surface area contributed by atoms with Crippen LogP contribution in [-0.4, -0.2) is 45.8 Å². The molecule has 0 aliphatic carbocycles. The summed E-state index contributed by atoms with van der Waals surface area (Å²) >= 11 is 0. The number of hydrogen-bond donors (Lipinski definition) is 1. The predicted octanol–water partition coefficient (Wildman–Crippen LogP) is 4.30. The van der Waals surface area contributed by atoms with Crippen LogP contribution in [0.25, 0.3) is 0 Å². The average Bonchev–Trinajstić information content (AvgIpc) is 2.66. The first kappa shape index (κ1) is 20.7. The Morgan fingerprint density at radius 3 is 2.61 bits per heavy atom. The Morgan fingerprint density at radius 2 is 1.93 bits per heavy atom. The van der Waals surface area contributed by atoms with E-state index in [0.29, 0.717) is 12.5 Å². The molecule has 1 unspecified atom stereocenters. The zero-order valence-corrected chi connectivity index (χ0v) is 18.1. The summed E-state index contributed by atoms with van der Waals surface area (Å²) in [5.74, 6) is 2.37. The van der Waals surface area contributed by atoms with E-state index in [0.717, 1.165) is 31.0 Å². The van der Waals surface area contributed by atoms with Crippen LogP contribution in [0.2, 0.25) is 0 Å². The Hall–Kier alpha value is -2.04. The van der Waals surface area contributed by atoms with Crippen molar-refractivity contribution in [3.63, 3.8) is 0 Å². The molecule has 0 bridgehead atoms. The van der Waals surface area contributed by atoms with Gasteiger partial charge in [-0.15, -0.1) is 0 Å². The van der Waals surface area contributed by atoms with Gasteiger partial charge in [0.2, 0.25) is 0 Å². The summed E-state index contributed by atoms with van der Waals surface area (Å²) in [5, 5.41) is 3.73. The van der Waals surface area contributed by atoms with Gasteiger partial charge in [-0.2, -0.15) is 0 Å². The van der Waals surface area contributed by atoms with Gasteiger partial charge in [-0.25, -0.2) is 0 Å². The SMILES string of the molecule is COc1cc(C)c(C2NCCc3cc(OCCN(C)C)ccc32)cc1C(C)C. The number of fused-ring (bicyclic) bond motifs is 1. The molecule has 1 aliphatic heterocycles. The lowest BCUT2D eigenvalue weighted by Crippen LogP contribution is -2.31. The number of hydrogen-bond acceptors (Lipinski definition) is 4. The van der Waals surface area contributed by atoms with Crippen LogP contribution < -0.4 is 14.8 Å². The Bertz CT molecular complexity index is 814. The lowest BCUT2D eigenvalue weighted by Gasteiger charge is -2.30. The van der Waals surface area contributed by atoms with Gasteiger partial charge in [0.05, 0.1) is 13.2 Å². The van der Waals surface area contributed by atoms with Crippen LogP contribution in [0.1, 0.15) is 53.6 Å². The number of aryl methyl sites for hydroxylation is 1. The minimum atomic E-state index is 0.211. The molecular weight excluding hydrogens is 348 g/mol. The maximum atomic E-state index is 5.95. The van der Waals surface area contributed by atoms with E-state index in [2.05, 4.69) is 75.4 Å². The fourth-order valence-corrected chi connectivity index (χ4v) is 3.91. The van der Waals surface area contributed by atoms with Crippen molar-refractivity contribution >= 4 is 0 Å². The summed E-state index contributed by atoms with van der Waals surface area (Å²) in [5.41, 5.74) is 6.60. The first-order chi connectivity index (χ1) is 13.4. The van der Waals surface area contributed by atoms with Gasteiger partial charge in [0.15, 0.2) is 0 Å². The highest BCUT2D eigenvalue weighted by molar-refractivity contribution is 5.50. The third-order valence-electron chi connectivity index (χ3n) is 5.53. The topological polar surface area (TPSA) is 33.7 Å². The maximum Gasteiger partial charge on any atom is 0.122 e. The average molecular weight is 383 g/mol. The van der Waals surface area contributed by atoms with E-state index < -0.39 is 0 Å². The van der Waals surface area contributed by atoms with Crippen LogP contribution in [0.5, 0.6) is 11.5 Å². The molecule has 1 atom stereocenters. The molecule has 0 amide bonds. The van der Waals surface area contributed by atoms with Crippen molar-refractivity contribution in [1.82, 2.24) is 10.2 Å². The third kappa shape index (κ3) is 4.50. The van der Waals surface area contributed by atoms with E-state index >= 15 is 0 Å². The molecule has 1 aliphatic rings. The smallest absolute Gasteiger partial charge is 0.122 e. The van der Waals surface area contributed by atoms with E-state index in [9.17, 15) is 0 Å². The summed E-state index contributed by atoms with van der Waals surface area (Å²) in [4.78, 5) is 2.14. The predicted molar refractivity (Wildman–Crippen MR) is 116 cm³/mol. The molecule has 0 saturated heterocycles. The maximum absolute atomic E-state index is 5.95. The van der Waals surface area contributed by atoms with Crippen LogP contribution in [0.3, 0.4) is 0 Å². The number of likely N-dealkylation sites (N-methyl/N-ethyl adjacent to an activating group) is 1. The highest BCUT2D eigenvalue weighted by atomic mass is 16.5. The van der Waals surface area contributed by atoms with E-state index in [4.69, 9.17) is 9.47 Å². The van der Waals surface area contributed by atoms with E-state index in [-0.39, 0.29) is 6.04 Å². The Morgan fingerprint density at radius 1 is 1.14 bits per heavy atom. The number of benzene rings is 2. The van der Waals surface area contributed by atoms with Crippen LogP contribution in [0.4, 0.5) is 0 Å². The standard InChI is InChI=1S/C24H34N2O2/c1-16(2)21-15-22(17(3)13-23(21)27-6)24-20-8-7-19(28-12-11-26(4)5)14-18(20)9-10-25-24/h7-8,13-16,24-25H,9-12H2,1-6H3. The van der Waals surface area contributed by atoms with E-state index in [1.807, 2.05) is 0 Å². The van der Waals surface area contributed by atoms with Gasteiger partial charge in [-0.3, -0.25) is 0 Å². The molecule has 2 aromatic rings. The molecule has 3 rings (SSSR count). The van der Waals surface area contributed by atoms with Gasteiger partial charge in [0.1, 0.15) is 18.1 Å². The minimum absolute atomic E-state index is 0.211. The van der Waals surface area contributed by atoms with Crippen molar-refractivity contribution in [3.8, 4) is 11.5 Å². The summed E-state index contributed by atoms with van der Waals surface area (Å²) in [7, 11) is 5.89. The zero-order valence-electron chi connectivity index (χ0n) is 18.1. The summed E-state index contributed by atoms with van der Waals surface area (Å²) in [6.07, 6.45) is 1.03. The quantitative estimate of drug-likeness (QED) is 0.774. The molecule has 2 aromatic carbocycles. The van der Waals surface area contributed by atoms with Crippen molar-refractivity contribution < 1.29 is 9.47 Å². The van der Waals surface area contributed by atoms with Gasteiger partial charge in [0.25, 0.3) is 0 Å². The molecule has 152 valence electrons. The summed E-state index contributed by atoms with van der Waals surface area (Å²) in [6, 6.07) is 11.3. The second kappa shape index (κ2) is 8.97. The lowest BCUT2D eigenvalue weighted by molar-refractivity contribution is 0.261. The minimum Gasteiger partial charge on any atom is -0.496 e. The van der Waals surface area contributed by atoms with E-state index in [1.165, 1.54) is 27.8 Å². The molecule has 0 saturated carbocycles. The number of nitrogens with one attached hydrogen (secondary N) is 1. The Labute approximate surface area is 169 Å². The lowest BCUT2D eigenvalue weighted by atomic mass is 9.85. The molecule has 0 fully saturated rings. The van der Waals surface area contributed by atoms with Crippen LogP contribution in [0.15, 0.2) is 30.3 Å². The normalized spacial score (nSPS) is 16.4. The molecule has 0 aromatic heterocycles. The second-order valence-electron chi connectivity index (χ2n) is 8.25. The van der Waals surface area contributed by atoms with Crippen molar-refractivity contribution in [1.29, 1.82) is 0 Å². The van der Waals surface area contributed by atoms with Crippen molar-refractivity contribution in [2.45, 2.75) is 39.2 Å². The number of methoxy groups -OCH3 is 1. The Kier molecular flexibility index (Phi) is 6.63. The zero-order chi connectivity index (χ0) is 20.3. The molecule has 28 heavy (non-hydrogen) atoms. The molecule has 0 spiro atoms. The highest BCUT2D eigenvalue weighted by Crippen LogP contribution is 2.37. The van der Waals surface area contributed by atoms with Gasteiger partial charge in [-0.05, 0) is 85.4 Å². The van der Waals surface area contributed by atoms with Gasteiger partial charge >= 0.3 is 0 Å². The number of nitrogens with zero attached hydrogens (tertiary/aromatic N) is 1. The second-order valence-corrected chi connectivity index (χ2v) is 8.25. The number of ether oxygens (including phenoxy) is 2. The Balaban J connectivity index is 1.91. The highest BCUT2D eigenvalue weighted by Gasteiger charge is 2.24. The summed E-state index contributed by atoms with van der Waals surface area (Å²) < 4.78 is 11.6. The molecule has 0 radical (unpaired) electrons. The molecule has 1 heterocycles. The molecule has 4 nitrogen and oxygen atoms in total. The first-order valence-electron chi connectivity index (χ1n) is 10.2. The monoisotopic (exact) mass is 382 g/mol. The molecule has 1 N–H and O–H groups in total. The van der Waals surface area contributed by atoms with Crippen molar-refractivity contribution in [2.75, 3.05) is 40.9 Å².